The molecule has 0 radical (unpaired) electrons. The quantitative estimate of drug-likeness (QED) is 0.433. The lowest BCUT2D eigenvalue weighted by Crippen LogP contribution is -2.21. The molecule has 4 rings (SSSR count). The Bertz CT molecular complexity index is 1000. The van der Waals surface area contributed by atoms with Crippen molar-refractivity contribution < 1.29 is 13.2 Å². The van der Waals surface area contributed by atoms with E-state index in [1.807, 2.05) is 6.07 Å². The van der Waals surface area contributed by atoms with Gasteiger partial charge >= 0.3 is 6.18 Å². The molecule has 0 fully saturated rings. The Kier molecular flexibility index (Phi) is 8.69. The summed E-state index contributed by atoms with van der Waals surface area (Å²) in [6.45, 7) is 0.00825. The number of rotatable bonds is 6. The van der Waals surface area contributed by atoms with Crippen molar-refractivity contribution in [2.24, 2.45) is 5.73 Å². The normalized spacial score (nSPS) is 14.3. The SMILES string of the molecule is Cl.Cl.NC(CCc1cccc(NCC(F)(F)F)c1)c1c2n(c3ccccc13)CCCC2. The molecular weight excluding hydrogens is 446 g/mol. The van der Waals surface area contributed by atoms with E-state index in [2.05, 4.69) is 34.1 Å². The molecule has 1 aliphatic rings. The summed E-state index contributed by atoms with van der Waals surface area (Å²) in [7, 11) is 0. The minimum Gasteiger partial charge on any atom is -0.376 e. The summed E-state index contributed by atoms with van der Waals surface area (Å²) in [5, 5.41) is 3.68. The van der Waals surface area contributed by atoms with Crippen LogP contribution < -0.4 is 11.1 Å². The molecule has 8 heteroatoms. The number of anilines is 1. The van der Waals surface area contributed by atoms with Crippen LogP contribution in [0.2, 0.25) is 0 Å². The van der Waals surface area contributed by atoms with Crippen LogP contribution in [0.4, 0.5) is 18.9 Å². The van der Waals surface area contributed by atoms with Crippen LogP contribution in [0, 0.1) is 0 Å². The molecule has 2 aromatic carbocycles. The lowest BCUT2D eigenvalue weighted by molar-refractivity contribution is -0.115. The fourth-order valence-corrected chi connectivity index (χ4v) is 4.39. The predicted molar refractivity (Wildman–Crippen MR) is 126 cm³/mol. The third-order valence-corrected chi connectivity index (χ3v) is 5.70. The fourth-order valence-electron chi connectivity index (χ4n) is 4.39. The maximum absolute atomic E-state index is 12.4. The van der Waals surface area contributed by atoms with E-state index in [0.717, 1.165) is 31.4 Å². The van der Waals surface area contributed by atoms with Crippen molar-refractivity contribution in [2.75, 3.05) is 11.9 Å². The molecule has 0 aliphatic carbocycles. The number of nitrogens with two attached hydrogens (primary N) is 1. The number of hydrogen-bond acceptors (Lipinski definition) is 2. The maximum atomic E-state index is 12.4. The fraction of sp³-hybridized carbons (Fsp3) is 0.391. The first-order valence-electron chi connectivity index (χ1n) is 10.2. The molecular formula is C23H28Cl2F3N3. The highest BCUT2D eigenvalue weighted by atomic mass is 35.5. The standard InChI is InChI=1S/C23H26F3N3.2ClH/c24-23(25,26)15-28-17-7-5-6-16(14-17)11-12-19(27)22-18-8-1-2-9-20(18)29-13-4-3-10-21(22)29;;/h1-2,5-9,14,19,28H,3-4,10-13,15,27H2;2*1H. The number of hydrogen-bond donors (Lipinski definition) is 2. The molecule has 0 saturated heterocycles. The van der Waals surface area contributed by atoms with E-state index in [4.69, 9.17) is 5.73 Å². The number of nitrogens with zero attached hydrogens (tertiary/aromatic N) is 1. The number of benzene rings is 2. The van der Waals surface area contributed by atoms with E-state index in [1.165, 1.54) is 35.0 Å². The summed E-state index contributed by atoms with van der Waals surface area (Å²) in [5.74, 6) is 0. The molecule has 3 aromatic rings. The van der Waals surface area contributed by atoms with E-state index in [9.17, 15) is 13.2 Å². The van der Waals surface area contributed by atoms with Crippen molar-refractivity contribution >= 4 is 41.4 Å². The van der Waals surface area contributed by atoms with Crippen LogP contribution in [0.3, 0.4) is 0 Å². The molecule has 31 heavy (non-hydrogen) atoms. The number of nitrogens with one attached hydrogen (secondary N) is 1. The average Bonchev–Trinajstić information content (AvgIpc) is 3.05. The van der Waals surface area contributed by atoms with Crippen molar-refractivity contribution in [1.29, 1.82) is 0 Å². The Morgan fingerprint density at radius 3 is 2.58 bits per heavy atom. The number of aromatic nitrogens is 1. The maximum Gasteiger partial charge on any atom is 0.405 e. The zero-order chi connectivity index (χ0) is 20.4. The highest BCUT2D eigenvalue weighted by Gasteiger charge is 2.26. The van der Waals surface area contributed by atoms with Gasteiger partial charge in [0.25, 0.3) is 0 Å². The first kappa shape index (κ1) is 25.4. The van der Waals surface area contributed by atoms with Gasteiger partial charge in [-0.1, -0.05) is 30.3 Å². The van der Waals surface area contributed by atoms with E-state index < -0.39 is 12.7 Å². The summed E-state index contributed by atoms with van der Waals surface area (Å²) in [6, 6.07) is 15.5. The van der Waals surface area contributed by atoms with Crippen LogP contribution >= 0.6 is 24.8 Å². The van der Waals surface area contributed by atoms with Crippen LogP contribution in [0.25, 0.3) is 10.9 Å². The number of aryl methyl sites for hydroxylation is 2. The zero-order valence-corrected chi connectivity index (χ0v) is 18.8. The van der Waals surface area contributed by atoms with Crippen LogP contribution in [-0.4, -0.2) is 17.3 Å². The van der Waals surface area contributed by atoms with Crippen LogP contribution in [0.15, 0.2) is 48.5 Å². The lowest BCUT2D eigenvalue weighted by atomic mass is 9.95. The topological polar surface area (TPSA) is 43.0 Å². The van der Waals surface area contributed by atoms with Gasteiger partial charge in [-0.25, -0.2) is 0 Å². The van der Waals surface area contributed by atoms with Crippen LogP contribution in [0.5, 0.6) is 0 Å². The molecule has 1 unspecified atom stereocenters. The highest BCUT2D eigenvalue weighted by Crippen LogP contribution is 2.35. The third-order valence-electron chi connectivity index (χ3n) is 5.70. The molecule has 0 spiro atoms. The van der Waals surface area contributed by atoms with Crippen molar-refractivity contribution in [3.05, 3.63) is 65.4 Å². The minimum atomic E-state index is -4.23. The first-order valence-corrected chi connectivity index (χ1v) is 10.2. The molecule has 170 valence electrons. The van der Waals surface area contributed by atoms with Crippen molar-refractivity contribution in [1.82, 2.24) is 4.57 Å². The lowest BCUT2D eigenvalue weighted by Gasteiger charge is -2.20. The van der Waals surface area contributed by atoms with Gasteiger partial charge in [-0.2, -0.15) is 13.2 Å². The van der Waals surface area contributed by atoms with Crippen LogP contribution in [-0.2, 0) is 19.4 Å². The van der Waals surface area contributed by atoms with Gasteiger partial charge in [-0.15, -0.1) is 24.8 Å². The zero-order valence-electron chi connectivity index (χ0n) is 17.1. The second-order valence-corrected chi connectivity index (χ2v) is 7.80. The summed E-state index contributed by atoms with van der Waals surface area (Å²) in [6.07, 6.45) is 0.676. The summed E-state index contributed by atoms with van der Waals surface area (Å²) >= 11 is 0. The molecule has 1 aliphatic heterocycles. The van der Waals surface area contributed by atoms with Gasteiger partial charge in [0.2, 0.25) is 0 Å². The monoisotopic (exact) mass is 473 g/mol. The Morgan fingerprint density at radius 2 is 1.81 bits per heavy atom. The van der Waals surface area contributed by atoms with Crippen molar-refractivity contribution in [3.63, 3.8) is 0 Å². The molecule has 0 saturated carbocycles. The van der Waals surface area contributed by atoms with E-state index in [1.54, 1.807) is 18.2 Å². The summed E-state index contributed by atoms with van der Waals surface area (Å²) in [5.41, 5.74) is 12.0. The number of para-hydroxylation sites is 1. The van der Waals surface area contributed by atoms with Gasteiger partial charge in [-0.05, 0) is 61.4 Å². The van der Waals surface area contributed by atoms with E-state index >= 15 is 0 Å². The Morgan fingerprint density at radius 1 is 1.03 bits per heavy atom. The molecule has 2 heterocycles. The number of halogens is 5. The van der Waals surface area contributed by atoms with Crippen molar-refractivity contribution in [2.45, 2.75) is 50.9 Å². The molecule has 0 amide bonds. The van der Waals surface area contributed by atoms with Gasteiger partial charge in [0, 0.05) is 34.9 Å². The molecule has 1 aromatic heterocycles. The minimum absolute atomic E-state index is 0. The second-order valence-electron chi connectivity index (χ2n) is 7.80. The average molecular weight is 474 g/mol. The summed E-state index contributed by atoms with van der Waals surface area (Å²) in [4.78, 5) is 0. The predicted octanol–water partition coefficient (Wildman–Crippen LogP) is 6.43. The van der Waals surface area contributed by atoms with Crippen LogP contribution in [0.1, 0.15) is 42.1 Å². The molecule has 1 atom stereocenters. The van der Waals surface area contributed by atoms with Gasteiger partial charge in [0.05, 0.1) is 0 Å². The number of fused-ring (bicyclic) bond motifs is 3. The summed E-state index contributed by atoms with van der Waals surface area (Å²) < 4.78 is 39.7. The number of alkyl halides is 3. The van der Waals surface area contributed by atoms with Gasteiger partial charge in [0.1, 0.15) is 6.54 Å². The first-order chi connectivity index (χ1) is 13.9. The smallest absolute Gasteiger partial charge is 0.376 e. The molecule has 3 nitrogen and oxygen atoms in total. The Hall–Kier alpha value is -1.89. The second kappa shape index (κ2) is 10.6. The third kappa shape index (κ3) is 5.88. The van der Waals surface area contributed by atoms with Gasteiger partial charge < -0.3 is 15.6 Å². The molecule has 3 N–H and O–H groups in total. The van der Waals surface area contributed by atoms with Gasteiger partial charge in [0.15, 0.2) is 0 Å². The van der Waals surface area contributed by atoms with Gasteiger partial charge in [-0.3, -0.25) is 0 Å². The molecule has 0 bridgehead atoms. The Labute approximate surface area is 193 Å². The van der Waals surface area contributed by atoms with Crippen molar-refractivity contribution in [3.8, 4) is 0 Å². The highest BCUT2D eigenvalue weighted by molar-refractivity contribution is 5.86. The van der Waals surface area contributed by atoms with E-state index in [0.29, 0.717) is 5.69 Å². The van der Waals surface area contributed by atoms with E-state index in [-0.39, 0.29) is 30.9 Å². The Balaban J connectivity index is 0.00000171. The largest absolute Gasteiger partial charge is 0.405 e.